The molecule has 2 aromatic rings. The molecule has 5 nitrogen and oxygen atoms in total. The molecule has 0 radical (unpaired) electrons. The van der Waals surface area contributed by atoms with Crippen LogP contribution in [0.25, 0.3) is 0 Å². The van der Waals surface area contributed by atoms with Gasteiger partial charge in [0, 0.05) is 22.3 Å². The van der Waals surface area contributed by atoms with Crippen molar-refractivity contribution >= 4 is 22.9 Å². The van der Waals surface area contributed by atoms with Gasteiger partial charge in [-0.1, -0.05) is 24.3 Å². The van der Waals surface area contributed by atoms with Gasteiger partial charge in [0.15, 0.2) is 11.6 Å². The summed E-state index contributed by atoms with van der Waals surface area (Å²) in [6.07, 6.45) is 0. The number of carbonyl (C=O) groups excluding carboxylic acids is 2. The van der Waals surface area contributed by atoms with Crippen LogP contribution in [0.3, 0.4) is 0 Å². The molecule has 0 aliphatic heterocycles. The van der Waals surface area contributed by atoms with E-state index in [1.54, 1.807) is 24.3 Å². The van der Waals surface area contributed by atoms with Crippen molar-refractivity contribution in [3.8, 4) is 5.75 Å². The van der Waals surface area contributed by atoms with Crippen molar-refractivity contribution in [3.63, 3.8) is 0 Å². The minimum atomic E-state index is -2.73. The summed E-state index contributed by atoms with van der Waals surface area (Å²) in [6.45, 7) is 0. The van der Waals surface area contributed by atoms with Gasteiger partial charge in [-0.3, -0.25) is 9.59 Å². The molecular formula is C14H8KO5S-. The fourth-order valence-electron chi connectivity index (χ4n) is 2.21. The van der Waals surface area contributed by atoms with Gasteiger partial charge in [-0.2, -0.15) is 0 Å². The van der Waals surface area contributed by atoms with E-state index in [1.165, 1.54) is 18.2 Å². The molecule has 21 heavy (non-hydrogen) atoms. The number of ketones is 2. The molecular weight excluding hydrogens is 319 g/mol. The van der Waals surface area contributed by atoms with E-state index in [2.05, 4.69) is 4.18 Å². The van der Waals surface area contributed by atoms with Crippen LogP contribution >= 0.6 is 0 Å². The molecule has 0 fully saturated rings. The quantitative estimate of drug-likeness (QED) is 0.434. The average molecular weight is 327 g/mol. The summed E-state index contributed by atoms with van der Waals surface area (Å²) < 4.78 is 25.5. The molecule has 1 atom stereocenters. The maximum absolute atomic E-state index is 12.3. The smallest absolute Gasteiger partial charge is 1.00 e. The molecule has 102 valence electrons. The number of hydrogen-bond donors (Lipinski definition) is 0. The Morgan fingerprint density at radius 2 is 1.43 bits per heavy atom. The van der Waals surface area contributed by atoms with Crippen LogP contribution in [0.1, 0.15) is 33.3 Å². The number of hydrogen-bond acceptors (Lipinski definition) is 5. The summed E-state index contributed by atoms with van der Waals surface area (Å²) in [7, 11) is 0. The average Bonchev–Trinajstić information content (AvgIpc) is 2.44. The second kappa shape index (κ2) is 6.61. The largest absolute Gasteiger partial charge is 1.00 e. The molecule has 0 N–H and O–H groups in total. The second-order valence-electron chi connectivity index (χ2n) is 4.20. The number of benzene rings is 2. The first-order valence-corrected chi connectivity index (χ1v) is 6.68. The van der Waals surface area contributed by atoms with E-state index in [9.17, 15) is 18.4 Å². The van der Waals surface area contributed by atoms with Gasteiger partial charge in [-0.15, -0.1) is 0 Å². The third-order valence-electron chi connectivity index (χ3n) is 3.06. The number of rotatable bonds is 2. The monoisotopic (exact) mass is 327 g/mol. The summed E-state index contributed by atoms with van der Waals surface area (Å²) in [4.78, 5) is 24.6. The minimum absolute atomic E-state index is 0. The molecule has 2 aromatic carbocycles. The third-order valence-corrected chi connectivity index (χ3v) is 3.39. The molecule has 7 heteroatoms. The molecule has 0 saturated heterocycles. The molecule has 1 unspecified atom stereocenters. The standard InChI is InChI=1S/C14H8O5S.K.H/c15-13-9-3-1-2-4-10(9)14(16)12-7-8(19-20(17)18)5-6-11(12)13;;/h1-7H,(H,17,18);;/q;+1;-1/p-1. The minimum Gasteiger partial charge on any atom is -1.00 e. The van der Waals surface area contributed by atoms with E-state index in [-0.39, 0.29) is 81.3 Å². The van der Waals surface area contributed by atoms with Gasteiger partial charge in [-0.25, -0.2) is 4.21 Å². The van der Waals surface area contributed by atoms with E-state index in [1.807, 2.05) is 0 Å². The molecule has 0 heterocycles. The Labute approximate surface area is 167 Å². The molecule has 3 rings (SSSR count). The van der Waals surface area contributed by atoms with Crippen LogP contribution in [0.5, 0.6) is 5.75 Å². The fraction of sp³-hybridized carbons (Fsp3) is 0. The Balaban J connectivity index is 0.00000121. The van der Waals surface area contributed by atoms with Gasteiger partial charge >= 0.3 is 51.4 Å². The van der Waals surface area contributed by atoms with E-state index >= 15 is 0 Å². The van der Waals surface area contributed by atoms with Gasteiger partial charge in [-0.05, 0) is 18.2 Å². The van der Waals surface area contributed by atoms with Gasteiger partial charge in [0.25, 0.3) is 0 Å². The van der Waals surface area contributed by atoms with Crippen LogP contribution in [-0.2, 0) is 11.4 Å². The predicted octanol–water partition coefficient (Wildman–Crippen LogP) is -1.25. The Bertz CT molecular complexity index is 778. The van der Waals surface area contributed by atoms with Crippen LogP contribution < -0.4 is 55.6 Å². The normalized spacial score (nSPS) is 13.8. The van der Waals surface area contributed by atoms with Crippen LogP contribution in [0, 0.1) is 0 Å². The van der Waals surface area contributed by atoms with Crippen LogP contribution in [0.15, 0.2) is 42.5 Å². The van der Waals surface area contributed by atoms with E-state index in [0.717, 1.165) is 0 Å². The predicted molar refractivity (Wildman–Crippen MR) is 70.4 cm³/mol. The van der Waals surface area contributed by atoms with Crippen LogP contribution in [0.4, 0.5) is 0 Å². The first-order chi connectivity index (χ1) is 9.58. The maximum atomic E-state index is 12.3. The zero-order valence-corrected chi connectivity index (χ0v) is 14.9. The van der Waals surface area contributed by atoms with Crippen molar-refractivity contribution < 1.29 is 75.3 Å². The van der Waals surface area contributed by atoms with Gasteiger partial charge in [0.05, 0.1) is 0 Å². The number of fused-ring (bicyclic) bond motifs is 2. The topological polar surface area (TPSA) is 83.5 Å². The summed E-state index contributed by atoms with van der Waals surface area (Å²) in [5.41, 5.74) is 1.06. The van der Waals surface area contributed by atoms with Crippen LogP contribution in [0.2, 0.25) is 0 Å². The van der Waals surface area contributed by atoms with E-state index < -0.39 is 11.4 Å². The van der Waals surface area contributed by atoms with Gasteiger partial charge in [0.1, 0.15) is 17.1 Å². The van der Waals surface area contributed by atoms with Crippen molar-refractivity contribution in [1.29, 1.82) is 0 Å². The Morgan fingerprint density at radius 3 is 2.00 bits per heavy atom. The van der Waals surface area contributed by atoms with Crippen molar-refractivity contribution in [2.24, 2.45) is 0 Å². The molecule has 0 saturated carbocycles. The molecule has 0 bridgehead atoms. The fourth-order valence-corrected chi connectivity index (χ4v) is 2.47. The summed E-state index contributed by atoms with van der Waals surface area (Å²) in [6, 6.07) is 10.5. The van der Waals surface area contributed by atoms with E-state index in [0.29, 0.717) is 11.1 Å². The third kappa shape index (κ3) is 3.09. The first-order valence-electron chi connectivity index (χ1n) is 5.68. The Morgan fingerprint density at radius 1 is 0.905 bits per heavy atom. The van der Waals surface area contributed by atoms with Crippen molar-refractivity contribution in [1.82, 2.24) is 0 Å². The second-order valence-corrected chi connectivity index (χ2v) is 4.77. The zero-order valence-electron chi connectivity index (χ0n) is 12.0. The maximum Gasteiger partial charge on any atom is 1.00 e. The Hall–Kier alpha value is -0.674. The van der Waals surface area contributed by atoms with Gasteiger partial charge in [0.2, 0.25) is 0 Å². The summed E-state index contributed by atoms with van der Waals surface area (Å²) in [5, 5.41) is 0. The SMILES string of the molecule is O=C1c2ccccc2C(=O)c2cc(OS(=O)[O-])ccc21.[H-].[K+]. The number of carbonyl (C=O) groups is 2. The molecule has 0 aromatic heterocycles. The zero-order chi connectivity index (χ0) is 14.3. The molecule has 1 aliphatic rings. The van der Waals surface area contributed by atoms with Crippen molar-refractivity contribution in [3.05, 3.63) is 64.7 Å². The summed E-state index contributed by atoms with van der Waals surface area (Å²) in [5.74, 6) is -0.583. The van der Waals surface area contributed by atoms with Gasteiger partial charge < -0.3 is 10.2 Å². The van der Waals surface area contributed by atoms with Crippen LogP contribution in [-0.4, -0.2) is 20.3 Å². The van der Waals surface area contributed by atoms with Crippen molar-refractivity contribution in [2.75, 3.05) is 0 Å². The Kier molecular flexibility index (Phi) is 5.26. The summed E-state index contributed by atoms with van der Waals surface area (Å²) >= 11 is -2.73. The first kappa shape index (κ1) is 16.7. The molecule has 0 amide bonds. The van der Waals surface area contributed by atoms with E-state index in [4.69, 9.17) is 0 Å². The van der Waals surface area contributed by atoms with Crippen molar-refractivity contribution in [2.45, 2.75) is 0 Å². The molecule has 1 aliphatic carbocycles. The molecule has 0 spiro atoms.